The second-order valence-corrected chi connectivity index (χ2v) is 7.06. The number of aliphatic hydroxyl groups is 1. The van der Waals surface area contributed by atoms with E-state index in [0.717, 1.165) is 6.42 Å². The number of hydrogen-bond donors (Lipinski definition) is 4. The number of amidine groups is 1. The highest BCUT2D eigenvalue weighted by atomic mass is 16.5. The van der Waals surface area contributed by atoms with Gasteiger partial charge in [-0.05, 0) is 19.3 Å². The number of hydrogen-bond acceptors (Lipinski definition) is 8. The number of carbonyl (C=O) groups excluding carboxylic acids is 1. The number of nitrogens with two attached hydrogens (primary N) is 3. The first kappa shape index (κ1) is 16.8. The molecule has 3 heterocycles. The minimum atomic E-state index is -1.01. The number of primary amides is 1. The summed E-state index contributed by atoms with van der Waals surface area (Å²) in [6, 6.07) is -0.966. The predicted molar refractivity (Wildman–Crippen MR) is 89.4 cm³/mol. The zero-order valence-corrected chi connectivity index (χ0v) is 14.1. The first-order valence-electron chi connectivity index (χ1n) is 8.31. The maximum atomic E-state index is 11.3. The lowest BCUT2D eigenvalue weighted by Crippen LogP contribution is -2.75. The molecule has 3 aliphatic rings. The van der Waals surface area contributed by atoms with Gasteiger partial charge in [0.1, 0.15) is 18.7 Å². The summed E-state index contributed by atoms with van der Waals surface area (Å²) in [6.45, 7) is 4.45. The Morgan fingerprint density at radius 2 is 2.17 bits per heavy atom. The third-order valence-corrected chi connectivity index (χ3v) is 5.79. The maximum absolute atomic E-state index is 11.3. The Morgan fingerprint density at radius 1 is 1.46 bits per heavy atom. The largest absolute Gasteiger partial charge is 0.447 e. The van der Waals surface area contributed by atoms with Gasteiger partial charge in [0.25, 0.3) is 0 Å². The van der Waals surface area contributed by atoms with Gasteiger partial charge in [-0.3, -0.25) is 4.99 Å². The molecule has 1 saturated heterocycles. The summed E-state index contributed by atoms with van der Waals surface area (Å²) >= 11 is 0. The Balaban J connectivity index is 2.13. The van der Waals surface area contributed by atoms with Crippen LogP contribution in [0.5, 0.6) is 0 Å². The molecule has 0 aliphatic carbocycles. The average Bonchev–Trinajstić information content (AvgIpc) is 2.78. The summed E-state index contributed by atoms with van der Waals surface area (Å²) in [5.41, 5.74) is 15.6. The monoisotopic (exact) mass is 338 g/mol. The van der Waals surface area contributed by atoms with Crippen LogP contribution in [0.4, 0.5) is 4.79 Å². The second kappa shape index (κ2) is 5.51. The van der Waals surface area contributed by atoms with Gasteiger partial charge in [-0.2, -0.15) is 0 Å². The van der Waals surface area contributed by atoms with E-state index >= 15 is 0 Å². The van der Waals surface area contributed by atoms with Gasteiger partial charge in [-0.25, -0.2) is 9.79 Å². The lowest BCUT2D eigenvalue weighted by Gasteiger charge is -2.58. The van der Waals surface area contributed by atoms with Gasteiger partial charge in [-0.15, -0.1) is 0 Å². The summed E-state index contributed by atoms with van der Waals surface area (Å²) in [5.74, 6) is 0.943. The summed E-state index contributed by atoms with van der Waals surface area (Å²) in [7, 11) is 0. The lowest BCUT2D eigenvalue weighted by molar-refractivity contribution is -0.0925. The van der Waals surface area contributed by atoms with Crippen LogP contribution in [0.1, 0.15) is 33.1 Å². The minimum absolute atomic E-state index is 0.0421. The number of amides is 1. The number of guanidine groups is 1. The second-order valence-electron chi connectivity index (χ2n) is 7.06. The van der Waals surface area contributed by atoms with Crippen molar-refractivity contribution in [1.82, 2.24) is 4.90 Å². The summed E-state index contributed by atoms with van der Waals surface area (Å²) < 4.78 is 4.96. The molecule has 0 radical (unpaired) electrons. The van der Waals surface area contributed by atoms with Gasteiger partial charge in [0.15, 0.2) is 5.96 Å². The minimum Gasteiger partial charge on any atom is -0.447 e. The highest BCUT2D eigenvalue weighted by molar-refractivity contribution is 5.85. The van der Waals surface area contributed by atoms with Crippen LogP contribution < -0.4 is 17.2 Å². The van der Waals surface area contributed by atoms with E-state index in [2.05, 4.69) is 16.9 Å². The van der Waals surface area contributed by atoms with Crippen molar-refractivity contribution in [1.29, 1.82) is 0 Å². The van der Waals surface area contributed by atoms with Crippen molar-refractivity contribution < 1.29 is 14.6 Å². The molecular formula is C15H26N6O3. The summed E-state index contributed by atoms with van der Waals surface area (Å²) in [6.07, 6.45) is 1.10. The molecule has 0 aromatic rings. The molecular weight excluding hydrogens is 312 g/mol. The van der Waals surface area contributed by atoms with Crippen molar-refractivity contribution in [2.45, 2.75) is 56.3 Å². The Kier molecular flexibility index (Phi) is 3.86. The van der Waals surface area contributed by atoms with E-state index in [1.54, 1.807) is 0 Å². The van der Waals surface area contributed by atoms with Crippen molar-refractivity contribution in [3.05, 3.63) is 0 Å². The maximum Gasteiger partial charge on any atom is 0.404 e. The molecule has 1 spiro atoms. The molecule has 1 fully saturated rings. The smallest absolute Gasteiger partial charge is 0.404 e. The SMILES string of the molecule is CCC1CC(N)=NC2C(COC(N)=O)N=C(N)N3CC[C@](C)(O)C123. The van der Waals surface area contributed by atoms with Crippen molar-refractivity contribution >= 4 is 17.9 Å². The van der Waals surface area contributed by atoms with Crippen LogP contribution >= 0.6 is 0 Å². The van der Waals surface area contributed by atoms with Gasteiger partial charge in [-0.1, -0.05) is 13.3 Å². The van der Waals surface area contributed by atoms with Gasteiger partial charge in [0.05, 0.1) is 17.0 Å². The quantitative estimate of drug-likeness (QED) is 0.525. The van der Waals surface area contributed by atoms with E-state index in [4.69, 9.17) is 21.9 Å². The number of rotatable bonds is 3. The van der Waals surface area contributed by atoms with E-state index in [0.29, 0.717) is 31.2 Å². The molecule has 134 valence electrons. The molecule has 0 aromatic heterocycles. The Bertz CT molecular complexity index is 604. The lowest BCUT2D eigenvalue weighted by atomic mass is 9.62. The Labute approximate surface area is 140 Å². The molecule has 9 nitrogen and oxygen atoms in total. The van der Waals surface area contributed by atoms with Crippen molar-refractivity contribution in [2.75, 3.05) is 13.2 Å². The topological polar surface area (TPSA) is 153 Å². The van der Waals surface area contributed by atoms with E-state index in [-0.39, 0.29) is 12.5 Å². The van der Waals surface area contributed by atoms with E-state index in [1.165, 1.54) is 0 Å². The molecule has 0 aromatic carbocycles. The molecule has 24 heavy (non-hydrogen) atoms. The van der Waals surface area contributed by atoms with Crippen LogP contribution in [0.2, 0.25) is 0 Å². The predicted octanol–water partition coefficient (Wildman–Crippen LogP) is -0.870. The van der Waals surface area contributed by atoms with Crippen LogP contribution in [0.25, 0.3) is 0 Å². The van der Waals surface area contributed by atoms with E-state index < -0.39 is 29.3 Å². The molecule has 3 rings (SSSR count). The molecule has 3 aliphatic heterocycles. The molecule has 4 unspecified atom stereocenters. The van der Waals surface area contributed by atoms with E-state index in [1.807, 2.05) is 11.8 Å². The van der Waals surface area contributed by atoms with Crippen LogP contribution in [0, 0.1) is 5.92 Å². The van der Waals surface area contributed by atoms with Gasteiger partial charge in [0.2, 0.25) is 0 Å². The summed E-state index contributed by atoms with van der Waals surface area (Å²) in [4.78, 5) is 22.1. The third kappa shape index (κ3) is 2.14. The first-order chi connectivity index (χ1) is 11.2. The fraction of sp³-hybridized carbons (Fsp3) is 0.800. The van der Waals surface area contributed by atoms with Crippen molar-refractivity contribution in [3.8, 4) is 0 Å². The van der Waals surface area contributed by atoms with Crippen LogP contribution in [0.15, 0.2) is 9.98 Å². The number of carbonyl (C=O) groups is 1. The van der Waals surface area contributed by atoms with Gasteiger partial charge in [0, 0.05) is 13.0 Å². The molecule has 7 N–H and O–H groups in total. The normalized spacial score (nSPS) is 41.1. The summed E-state index contributed by atoms with van der Waals surface area (Å²) in [5, 5.41) is 11.3. The first-order valence-corrected chi connectivity index (χ1v) is 8.31. The van der Waals surface area contributed by atoms with Gasteiger partial charge >= 0.3 is 6.09 Å². The highest BCUT2D eigenvalue weighted by Crippen LogP contribution is 2.53. The van der Waals surface area contributed by atoms with Crippen molar-refractivity contribution in [3.63, 3.8) is 0 Å². The van der Waals surface area contributed by atoms with E-state index in [9.17, 15) is 9.90 Å². The van der Waals surface area contributed by atoms with Gasteiger partial charge < -0.3 is 31.9 Å². The van der Waals surface area contributed by atoms with Crippen LogP contribution in [-0.4, -0.2) is 64.3 Å². The Morgan fingerprint density at radius 3 is 2.79 bits per heavy atom. The van der Waals surface area contributed by atoms with Crippen molar-refractivity contribution in [2.24, 2.45) is 33.1 Å². The Hall–Kier alpha value is -2.03. The standard InChI is InChI=1S/C15H26N6O3/c1-3-8-6-10(16)20-11-9(7-24-13(18)22)19-12(17)21-5-4-14(2,23)15(8,11)21/h8-9,11,23H,3-7H2,1-2H3,(H2,16,20)(H2,17,19)(H2,18,22)/t8?,9?,11?,14-,15?/m0/s1. The molecule has 5 atom stereocenters. The third-order valence-electron chi connectivity index (χ3n) is 5.79. The zero-order valence-electron chi connectivity index (χ0n) is 14.1. The number of ether oxygens (including phenoxy) is 1. The fourth-order valence-corrected chi connectivity index (χ4v) is 4.87. The van der Waals surface area contributed by atoms with Crippen LogP contribution in [-0.2, 0) is 4.74 Å². The number of nitrogens with zero attached hydrogens (tertiary/aromatic N) is 3. The highest BCUT2D eigenvalue weighted by Gasteiger charge is 2.68. The molecule has 0 bridgehead atoms. The average molecular weight is 338 g/mol. The molecule has 1 amide bonds. The van der Waals surface area contributed by atoms with Crippen LogP contribution in [0.3, 0.4) is 0 Å². The fourth-order valence-electron chi connectivity index (χ4n) is 4.87. The molecule has 0 saturated carbocycles. The molecule has 9 heteroatoms. The zero-order chi connectivity index (χ0) is 17.7. The number of aliphatic imine (C=N–C) groups is 2.